The van der Waals surface area contributed by atoms with Crippen LogP contribution >= 0.6 is 0 Å². The van der Waals surface area contributed by atoms with Crippen molar-refractivity contribution in [3.05, 3.63) is 59.3 Å². The maximum atomic E-state index is 12.0. The molecule has 0 aliphatic carbocycles. The Balaban J connectivity index is 2.31. The highest BCUT2D eigenvalue weighted by Crippen LogP contribution is 2.13. The summed E-state index contributed by atoms with van der Waals surface area (Å²) in [6.45, 7) is 1.80. The van der Waals surface area contributed by atoms with E-state index >= 15 is 0 Å². The summed E-state index contributed by atoms with van der Waals surface area (Å²) in [6.07, 6.45) is 1.55. The second kappa shape index (κ2) is 5.30. The number of nitrogens with one attached hydrogen (secondary N) is 1. The number of aryl methyl sites for hydroxylation is 1. The number of carboxylic acids is 1. The summed E-state index contributed by atoms with van der Waals surface area (Å²) in [5.74, 6) is -1.51. The first-order valence-electron chi connectivity index (χ1n) is 5.63. The van der Waals surface area contributed by atoms with Gasteiger partial charge >= 0.3 is 0 Å². The van der Waals surface area contributed by atoms with Gasteiger partial charge in [0, 0.05) is 17.3 Å². The SMILES string of the molecule is Cc1cccnc1NC(=O)c1ccccc1C(=O)[O-]. The fourth-order valence-electron chi connectivity index (χ4n) is 1.65. The Morgan fingerprint density at radius 1 is 1.11 bits per heavy atom. The molecule has 19 heavy (non-hydrogen) atoms. The monoisotopic (exact) mass is 255 g/mol. The van der Waals surface area contributed by atoms with Gasteiger partial charge in [0.05, 0.1) is 5.97 Å². The van der Waals surface area contributed by atoms with E-state index in [1.165, 1.54) is 18.2 Å². The molecule has 1 aromatic heterocycles. The van der Waals surface area contributed by atoms with Gasteiger partial charge in [0.15, 0.2) is 0 Å². The molecule has 1 aromatic carbocycles. The summed E-state index contributed by atoms with van der Waals surface area (Å²) in [6, 6.07) is 9.43. The van der Waals surface area contributed by atoms with Crippen LogP contribution in [0.4, 0.5) is 5.82 Å². The fourth-order valence-corrected chi connectivity index (χ4v) is 1.65. The zero-order chi connectivity index (χ0) is 13.8. The average molecular weight is 255 g/mol. The van der Waals surface area contributed by atoms with Gasteiger partial charge < -0.3 is 15.2 Å². The number of hydrogen-bond donors (Lipinski definition) is 1. The van der Waals surface area contributed by atoms with Gasteiger partial charge in [-0.3, -0.25) is 4.79 Å². The molecule has 0 aliphatic rings. The maximum Gasteiger partial charge on any atom is 0.257 e. The van der Waals surface area contributed by atoms with Crippen LogP contribution in [0.15, 0.2) is 42.6 Å². The Hall–Kier alpha value is -2.69. The lowest BCUT2D eigenvalue weighted by atomic mass is 10.1. The summed E-state index contributed by atoms with van der Waals surface area (Å²) in [5, 5.41) is 13.5. The Morgan fingerprint density at radius 3 is 2.42 bits per heavy atom. The molecule has 0 saturated carbocycles. The third-order valence-corrected chi connectivity index (χ3v) is 2.63. The number of hydrogen-bond acceptors (Lipinski definition) is 4. The van der Waals surface area contributed by atoms with Crippen molar-refractivity contribution in [3.8, 4) is 0 Å². The van der Waals surface area contributed by atoms with Gasteiger partial charge in [-0.2, -0.15) is 0 Å². The van der Waals surface area contributed by atoms with E-state index in [2.05, 4.69) is 10.3 Å². The van der Waals surface area contributed by atoms with E-state index in [4.69, 9.17) is 0 Å². The van der Waals surface area contributed by atoms with Crippen molar-refractivity contribution in [2.75, 3.05) is 5.32 Å². The largest absolute Gasteiger partial charge is 0.545 e. The molecule has 5 nitrogen and oxygen atoms in total. The number of carbonyl (C=O) groups excluding carboxylic acids is 2. The molecular weight excluding hydrogens is 244 g/mol. The highest BCUT2D eigenvalue weighted by molar-refractivity contribution is 6.10. The summed E-state index contributed by atoms with van der Waals surface area (Å²) >= 11 is 0. The molecule has 1 amide bonds. The minimum atomic E-state index is -1.39. The summed E-state index contributed by atoms with van der Waals surface area (Å²) in [7, 11) is 0. The predicted molar refractivity (Wildman–Crippen MR) is 67.7 cm³/mol. The van der Waals surface area contributed by atoms with Crippen molar-refractivity contribution in [1.82, 2.24) is 4.98 Å². The summed E-state index contributed by atoms with van der Waals surface area (Å²) < 4.78 is 0. The van der Waals surface area contributed by atoms with Gasteiger partial charge in [-0.15, -0.1) is 0 Å². The quantitative estimate of drug-likeness (QED) is 0.887. The Morgan fingerprint density at radius 2 is 1.79 bits per heavy atom. The molecule has 0 fully saturated rings. The van der Waals surface area contributed by atoms with Crippen molar-refractivity contribution < 1.29 is 14.7 Å². The lowest BCUT2D eigenvalue weighted by molar-refractivity contribution is -0.255. The van der Waals surface area contributed by atoms with Gasteiger partial charge in [-0.1, -0.05) is 24.3 Å². The van der Waals surface area contributed by atoms with Gasteiger partial charge in [0.1, 0.15) is 5.82 Å². The molecule has 1 heterocycles. The number of aromatic nitrogens is 1. The van der Waals surface area contributed by atoms with Crippen molar-refractivity contribution >= 4 is 17.7 Å². The third kappa shape index (κ3) is 2.77. The van der Waals surface area contributed by atoms with Gasteiger partial charge in [0.2, 0.25) is 0 Å². The molecule has 1 N–H and O–H groups in total. The first-order chi connectivity index (χ1) is 9.09. The van der Waals surface area contributed by atoms with Crippen LogP contribution in [0.1, 0.15) is 26.3 Å². The van der Waals surface area contributed by atoms with Crippen LogP contribution in [0.3, 0.4) is 0 Å². The molecule has 2 aromatic rings. The highest BCUT2D eigenvalue weighted by atomic mass is 16.4. The predicted octanol–water partition coefficient (Wildman–Crippen LogP) is 1.01. The standard InChI is InChI=1S/C14H12N2O3/c1-9-5-4-8-15-12(9)16-13(17)10-6-2-3-7-11(10)14(18)19/h2-8H,1H3,(H,18,19)(H,15,16,17)/p-1. The van der Waals surface area contributed by atoms with Crippen molar-refractivity contribution in [1.29, 1.82) is 0 Å². The lowest BCUT2D eigenvalue weighted by Crippen LogP contribution is -2.26. The number of benzene rings is 1. The third-order valence-electron chi connectivity index (χ3n) is 2.63. The van der Waals surface area contributed by atoms with Crippen LogP contribution < -0.4 is 10.4 Å². The van der Waals surface area contributed by atoms with E-state index in [1.54, 1.807) is 31.3 Å². The number of amides is 1. The topological polar surface area (TPSA) is 82.1 Å². The Kier molecular flexibility index (Phi) is 3.56. The first kappa shape index (κ1) is 12.8. The Labute approximate surface area is 109 Å². The second-order valence-electron chi connectivity index (χ2n) is 3.96. The molecular formula is C14H11N2O3-. The van der Waals surface area contributed by atoms with Crippen LogP contribution in [0.25, 0.3) is 0 Å². The van der Waals surface area contributed by atoms with Crippen molar-refractivity contribution in [2.24, 2.45) is 0 Å². The fraction of sp³-hybridized carbons (Fsp3) is 0.0714. The highest BCUT2D eigenvalue weighted by Gasteiger charge is 2.12. The van der Waals surface area contributed by atoms with E-state index in [9.17, 15) is 14.7 Å². The molecule has 96 valence electrons. The molecule has 0 bridgehead atoms. The van der Waals surface area contributed by atoms with Crippen LogP contribution in [0.2, 0.25) is 0 Å². The van der Waals surface area contributed by atoms with Gasteiger partial charge in [-0.25, -0.2) is 4.98 Å². The van der Waals surface area contributed by atoms with E-state index in [0.29, 0.717) is 5.82 Å². The molecule has 0 atom stereocenters. The van der Waals surface area contributed by atoms with Crippen molar-refractivity contribution in [2.45, 2.75) is 6.92 Å². The zero-order valence-electron chi connectivity index (χ0n) is 10.2. The lowest BCUT2D eigenvalue weighted by Gasteiger charge is -2.11. The Bertz CT molecular complexity index is 638. The minimum absolute atomic E-state index is 0.0487. The van der Waals surface area contributed by atoms with Crippen LogP contribution in [-0.2, 0) is 0 Å². The normalized spacial score (nSPS) is 9.95. The maximum absolute atomic E-state index is 12.0. The number of carboxylic acid groups (broad SMARTS) is 1. The molecule has 0 aliphatic heterocycles. The zero-order valence-corrected chi connectivity index (χ0v) is 10.2. The first-order valence-corrected chi connectivity index (χ1v) is 5.63. The van der Waals surface area contributed by atoms with E-state index in [1.807, 2.05) is 0 Å². The average Bonchev–Trinajstić information content (AvgIpc) is 2.41. The van der Waals surface area contributed by atoms with E-state index < -0.39 is 11.9 Å². The minimum Gasteiger partial charge on any atom is -0.545 e. The molecule has 2 rings (SSSR count). The van der Waals surface area contributed by atoms with Gasteiger partial charge in [0.25, 0.3) is 5.91 Å². The molecule has 0 unspecified atom stereocenters. The van der Waals surface area contributed by atoms with E-state index in [0.717, 1.165) is 5.56 Å². The van der Waals surface area contributed by atoms with Gasteiger partial charge in [-0.05, 0) is 24.6 Å². The van der Waals surface area contributed by atoms with Crippen molar-refractivity contribution in [3.63, 3.8) is 0 Å². The summed E-state index contributed by atoms with van der Waals surface area (Å²) in [5.41, 5.74) is 0.697. The number of aromatic carboxylic acids is 1. The number of carbonyl (C=O) groups is 2. The number of rotatable bonds is 3. The smallest absolute Gasteiger partial charge is 0.257 e. The molecule has 5 heteroatoms. The number of pyridine rings is 1. The van der Waals surface area contributed by atoms with E-state index in [-0.39, 0.29) is 11.1 Å². The number of nitrogens with zero attached hydrogens (tertiary/aromatic N) is 1. The van der Waals surface area contributed by atoms with Crippen LogP contribution in [-0.4, -0.2) is 16.9 Å². The molecule has 0 radical (unpaired) electrons. The second-order valence-corrected chi connectivity index (χ2v) is 3.96. The molecule has 0 saturated heterocycles. The van der Waals surface area contributed by atoms with Crippen LogP contribution in [0, 0.1) is 6.92 Å². The molecule has 0 spiro atoms. The van der Waals surface area contributed by atoms with Crippen LogP contribution in [0.5, 0.6) is 0 Å². The summed E-state index contributed by atoms with van der Waals surface area (Å²) in [4.78, 5) is 27.0. The number of anilines is 1.